The molecule has 0 atom stereocenters. The van der Waals surface area contributed by atoms with Gasteiger partial charge in [0, 0.05) is 25.7 Å². The Labute approximate surface area is 180 Å². The fraction of sp³-hybridized carbons (Fsp3) is 0.273. The predicted molar refractivity (Wildman–Crippen MR) is 115 cm³/mol. The third-order valence-corrected chi connectivity index (χ3v) is 7.53. The predicted octanol–water partition coefficient (Wildman–Crippen LogP) is 2.40. The van der Waals surface area contributed by atoms with Crippen LogP contribution in [0.3, 0.4) is 0 Å². The lowest BCUT2D eigenvalue weighted by molar-refractivity contribution is 0.0647. The van der Waals surface area contributed by atoms with Crippen LogP contribution in [0.25, 0.3) is 11.3 Å². The van der Waals surface area contributed by atoms with Crippen LogP contribution >= 0.6 is 0 Å². The van der Waals surface area contributed by atoms with E-state index in [1.165, 1.54) is 28.8 Å². The minimum Gasteiger partial charge on any atom is -0.497 e. The Bertz CT molecular complexity index is 1210. The lowest BCUT2D eigenvalue weighted by Crippen LogP contribution is -2.57. The van der Waals surface area contributed by atoms with Crippen LogP contribution in [0.1, 0.15) is 10.5 Å². The molecule has 1 aromatic heterocycles. The summed E-state index contributed by atoms with van der Waals surface area (Å²) in [7, 11) is 1.29. The molecule has 0 bridgehead atoms. The average Bonchev–Trinajstić information content (AvgIpc) is 3.14. The number of hydrogen-bond donors (Lipinski definition) is 0. The van der Waals surface area contributed by atoms with Gasteiger partial charge in [-0.2, -0.15) is 5.10 Å². The number of rotatable bonds is 6. The normalized spacial score (nSPS) is 14.2. The summed E-state index contributed by atoms with van der Waals surface area (Å²) in [6.07, 6.45) is 0. The van der Waals surface area contributed by atoms with Crippen molar-refractivity contribution in [2.75, 3.05) is 27.3 Å². The van der Waals surface area contributed by atoms with Gasteiger partial charge in [-0.3, -0.25) is 9.48 Å². The molecular weight excluding hydrogens is 418 g/mol. The monoisotopic (exact) mass is 441 g/mol. The summed E-state index contributed by atoms with van der Waals surface area (Å²) in [5.41, 5.74) is 1.88. The molecule has 1 amide bonds. The Kier molecular flexibility index (Phi) is 5.45. The molecule has 8 nitrogen and oxygen atoms in total. The van der Waals surface area contributed by atoms with Gasteiger partial charge in [-0.1, -0.05) is 12.1 Å². The number of carbonyl (C=O) groups excluding carboxylic acids is 1. The molecule has 1 saturated heterocycles. The molecule has 1 fully saturated rings. The van der Waals surface area contributed by atoms with Crippen molar-refractivity contribution >= 4 is 15.7 Å². The van der Waals surface area contributed by atoms with Gasteiger partial charge in [0.1, 0.15) is 22.4 Å². The number of ether oxygens (including phenoxy) is 2. The van der Waals surface area contributed by atoms with E-state index in [1.807, 2.05) is 24.3 Å². The second kappa shape index (κ2) is 8.07. The highest BCUT2D eigenvalue weighted by Gasteiger charge is 2.41. The first kappa shape index (κ1) is 20.9. The summed E-state index contributed by atoms with van der Waals surface area (Å²) in [6.45, 7) is 0.291. The number of hydrogen-bond acceptors (Lipinski definition) is 6. The van der Waals surface area contributed by atoms with Crippen LogP contribution in [0.15, 0.2) is 59.5 Å². The van der Waals surface area contributed by atoms with Gasteiger partial charge < -0.3 is 14.4 Å². The molecule has 3 aromatic rings. The van der Waals surface area contributed by atoms with E-state index in [4.69, 9.17) is 9.47 Å². The lowest BCUT2D eigenvalue weighted by atomic mass is 10.1. The Morgan fingerprint density at radius 2 is 1.68 bits per heavy atom. The number of sulfone groups is 1. The fourth-order valence-corrected chi connectivity index (χ4v) is 5.16. The summed E-state index contributed by atoms with van der Waals surface area (Å²) in [5.74, 6) is 1.04. The van der Waals surface area contributed by atoms with Crippen molar-refractivity contribution in [2.45, 2.75) is 10.1 Å². The third-order valence-electron chi connectivity index (χ3n) is 5.43. The van der Waals surface area contributed by atoms with Gasteiger partial charge in [0.2, 0.25) is 0 Å². The van der Waals surface area contributed by atoms with Crippen LogP contribution in [-0.4, -0.2) is 61.6 Å². The zero-order chi connectivity index (χ0) is 22.2. The molecule has 2 aromatic carbocycles. The Balaban J connectivity index is 1.47. The van der Waals surface area contributed by atoms with Crippen LogP contribution in [-0.2, 0) is 16.9 Å². The van der Waals surface area contributed by atoms with Gasteiger partial charge in [0.15, 0.2) is 9.84 Å². The van der Waals surface area contributed by atoms with E-state index in [0.717, 1.165) is 5.56 Å². The van der Waals surface area contributed by atoms with E-state index in [-0.39, 0.29) is 23.9 Å². The smallest absolute Gasteiger partial charge is 0.272 e. The zero-order valence-corrected chi connectivity index (χ0v) is 18.3. The van der Waals surface area contributed by atoms with Crippen molar-refractivity contribution in [3.63, 3.8) is 0 Å². The highest BCUT2D eigenvalue weighted by Crippen LogP contribution is 2.28. The SMILES string of the molecule is COc1ccc(S(=O)(=O)C2CN(C(=O)c3cc(-c4cccc(OC)c4)nn3C)C2)cc1. The summed E-state index contributed by atoms with van der Waals surface area (Å²) in [4.78, 5) is 14.7. The molecule has 162 valence electrons. The number of nitrogens with zero attached hydrogens (tertiary/aromatic N) is 3. The molecule has 9 heteroatoms. The second-order valence-corrected chi connectivity index (χ2v) is 9.55. The number of benzene rings is 2. The van der Waals surface area contributed by atoms with Gasteiger partial charge in [0.25, 0.3) is 5.91 Å². The molecule has 0 N–H and O–H groups in total. The van der Waals surface area contributed by atoms with Gasteiger partial charge in [-0.05, 0) is 42.5 Å². The first-order valence-corrected chi connectivity index (χ1v) is 11.2. The van der Waals surface area contributed by atoms with Crippen LogP contribution in [0.5, 0.6) is 11.5 Å². The van der Waals surface area contributed by atoms with Crippen molar-refractivity contribution in [1.82, 2.24) is 14.7 Å². The van der Waals surface area contributed by atoms with E-state index in [1.54, 1.807) is 32.4 Å². The molecule has 4 rings (SSSR count). The van der Waals surface area contributed by atoms with Gasteiger partial charge in [-0.25, -0.2) is 8.42 Å². The number of aromatic nitrogens is 2. The first-order valence-electron chi connectivity index (χ1n) is 9.69. The molecular formula is C22H23N3O5S. The maximum Gasteiger partial charge on any atom is 0.272 e. The van der Waals surface area contributed by atoms with E-state index in [2.05, 4.69) is 5.10 Å². The highest BCUT2D eigenvalue weighted by atomic mass is 32.2. The number of carbonyl (C=O) groups is 1. The molecule has 1 aliphatic rings. The molecule has 0 radical (unpaired) electrons. The molecule has 0 aliphatic carbocycles. The molecule has 0 unspecified atom stereocenters. The molecule has 2 heterocycles. The summed E-state index contributed by atoms with van der Waals surface area (Å²) in [5, 5.41) is 3.80. The van der Waals surface area contributed by atoms with E-state index < -0.39 is 15.1 Å². The number of methoxy groups -OCH3 is 2. The first-order chi connectivity index (χ1) is 14.8. The largest absolute Gasteiger partial charge is 0.497 e. The molecule has 31 heavy (non-hydrogen) atoms. The van der Waals surface area contributed by atoms with Crippen molar-refractivity contribution in [3.05, 3.63) is 60.3 Å². The standard InChI is InChI=1S/C22H23N3O5S/c1-24-21(12-20(23-24)15-5-4-6-17(11-15)30-3)22(26)25-13-19(14-25)31(27,28)18-9-7-16(29-2)8-10-18/h4-12,19H,13-14H2,1-3H3. The van der Waals surface area contributed by atoms with E-state index in [0.29, 0.717) is 22.9 Å². The minimum atomic E-state index is -3.52. The summed E-state index contributed by atoms with van der Waals surface area (Å²) < 4.78 is 37.5. The maximum absolute atomic E-state index is 12.9. The van der Waals surface area contributed by atoms with Crippen molar-refractivity contribution in [3.8, 4) is 22.8 Å². The Hall–Kier alpha value is -3.33. The fourth-order valence-electron chi connectivity index (χ4n) is 3.51. The Morgan fingerprint density at radius 1 is 1.00 bits per heavy atom. The number of likely N-dealkylation sites (tertiary alicyclic amines) is 1. The summed E-state index contributed by atoms with van der Waals surface area (Å²) >= 11 is 0. The minimum absolute atomic E-state index is 0.146. The van der Waals surface area contributed by atoms with Crippen LogP contribution in [0.4, 0.5) is 0 Å². The maximum atomic E-state index is 12.9. The van der Waals surface area contributed by atoms with Crippen molar-refractivity contribution in [2.24, 2.45) is 7.05 Å². The summed E-state index contributed by atoms with van der Waals surface area (Å²) in [6, 6.07) is 15.4. The molecule has 1 aliphatic heterocycles. The van der Waals surface area contributed by atoms with Gasteiger partial charge in [-0.15, -0.1) is 0 Å². The van der Waals surface area contributed by atoms with Crippen molar-refractivity contribution < 1.29 is 22.7 Å². The van der Waals surface area contributed by atoms with Gasteiger partial charge >= 0.3 is 0 Å². The van der Waals surface area contributed by atoms with E-state index in [9.17, 15) is 13.2 Å². The van der Waals surface area contributed by atoms with E-state index >= 15 is 0 Å². The highest BCUT2D eigenvalue weighted by molar-refractivity contribution is 7.92. The molecule has 0 saturated carbocycles. The van der Waals surface area contributed by atoms with Crippen LogP contribution in [0, 0.1) is 0 Å². The average molecular weight is 442 g/mol. The number of amides is 1. The topological polar surface area (TPSA) is 90.7 Å². The zero-order valence-electron chi connectivity index (χ0n) is 17.5. The molecule has 0 spiro atoms. The van der Waals surface area contributed by atoms with Crippen LogP contribution in [0.2, 0.25) is 0 Å². The number of aryl methyl sites for hydroxylation is 1. The second-order valence-electron chi connectivity index (χ2n) is 7.32. The lowest BCUT2D eigenvalue weighted by Gasteiger charge is -2.38. The van der Waals surface area contributed by atoms with Crippen LogP contribution < -0.4 is 9.47 Å². The van der Waals surface area contributed by atoms with Crippen molar-refractivity contribution in [1.29, 1.82) is 0 Å². The van der Waals surface area contributed by atoms with Gasteiger partial charge in [0.05, 0.1) is 24.8 Å². The third kappa shape index (κ3) is 3.88. The Morgan fingerprint density at radius 3 is 2.32 bits per heavy atom. The quantitative estimate of drug-likeness (QED) is 0.584.